The quantitative estimate of drug-likeness (QED) is 0.808. The Bertz CT molecular complexity index is 363. The number of carbonyl (C=O) groups is 1. The van der Waals surface area contributed by atoms with Crippen molar-refractivity contribution in [1.29, 1.82) is 0 Å². The third-order valence-corrected chi connectivity index (χ3v) is 2.41. The standard InChI is InChI=1S/C13H20N2O2/c1-13(2,9-17-3)15-12(16)11(14)10-7-5-4-6-8-10/h4-8,11H,9,14H2,1-3H3,(H,15,16)/t11-/m0/s1. The van der Waals surface area contributed by atoms with Crippen LogP contribution in [0.1, 0.15) is 25.5 Å². The number of amides is 1. The number of carbonyl (C=O) groups excluding carboxylic acids is 1. The first-order chi connectivity index (χ1) is 7.96. The van der Waals surface area contributed by atoms with Crippen LogP contribution < -0.4 is 11.1 Å². The second-order valence-corrected chi connectivity index (χ2v) is 4.69. The van der Waals surface area contributed by atoms with Crippen LogP contribution >= 0.6 is 0 Å². The van der Waals surface area contributed by atoms with Gasteiger partial charge in [0.15, 0.2) is 0 Å². The van der Waals surface area contributed by atoms with Gasteiger partial charge in [0.05, 0.1) is 12.1 Å². The topological polar surface area (TPSA) is 64.3 Å². The summed E-state index contributed by atoms with van der Waals surface area (Å²) in [7, 11) is 1.60. The highest BCUT2D eigenvalue weighted by molar-refractivity contribution is 5.83. The van der Waals surface area contributed by atoms with E-state index in [2.05, 4.69) is 5.32 Å². The minimum absolute atomic E-state index is 0.196. The Balaban J connectivity index is 2.65. The van der Waals surface area contributed by atoms with Gasteiger partial charge >= 0.3 is 0 Å². The molecule has 0 aromatic heterocycles. The lowest BCUT2D eigenvalue weighted by molar-refractivity contribution is -0.124. The summed E-state index contributed by atoms with van der Waals surface area (Å²) < 4.78 is 5.04. The molecule has 0 radical (unpaired) electrons. The van der Waals surface area contributed by atoms with Crippen LogP contribution in [0, 0.1) is 0 Å². The molecule has 1 atom stereocenters. The predicted molar refractivity (Wildman–Crippen MR) is 67.5 cm³/mol. The summed E-state index contributed by atoms with van der Waals surface area (Å²) in [5.74, 6) is -0.196. The van der Waals surface area contributed by atoms with E-state index in [1.54, 1.807) is 7.11 Å². The van der Waals surface area contributed by atoms with Crippen molar-refractivity contribution in [2.45, 2.75) is 25.4 Å². The van der Waals surface area contributed by atoms with Crippen molar-refractivity contribution in [1.82, 2.24) is 5.32 Å². The summed E-state index contributed by atoms with van der Waals surface area (Å²) in [4.78, 5) is 11.9. The zero-order valence-electron chi connectivity index (χ0n) is 10.6. The lowest BCUT2D eigenvalue weighted by atomic mass is 10.0. The molecule has 0 heterocycles. The van der Waals surface area contributed by atoms with Gasteiger partial charge in [0.1, 0.15) is 6.04 Å². The molecule has 4 heteroatoms. The maximum atomic E-state index is 11.9. The second-order valence-electron chi connectivity index (χ2n) is 4.69. The number of methoxy groups -OCH3 is 1. The van der Waals surface area contributed by atoms with Crippen LogP contribution in [0.2, 0.25) is 0 Å². The van der Waals surface area contributed by atoms with Crippen LogP contribution in [-0.4, -0.2) is 25.2 Å². The van der Waals surface area contributed by atoms with Crippen molar-refractivity contribution in [3.8, 4) is 0 Å². The van der Waals surface area contributed by atoms with E-state index < -0.39 is 11.6 Å². The molecule has 17 heavy (non-hydrogen) atoms. The number of nitrogens with two attached hydrogens (primary N) is 1. The zero-order chi connectivity index (χ0) is 12.9. The minimum Gasteiger partial charge on any atom is -0.382 e. The second kappa shape index (κ2) is 5.80. The molecule has 0 unspecified atom stereocenters. The Morgan fingerprint density at radius 1 is 1.41 bits per heavy atom. The van der Waals surface area contributed by atoms with E-state index in [1.807, 2.05) is 44.2 Å². The Morgan fingerprint density at radius 3 is 2.53 bits per heavy atom. The van der Waals surface area contributed by atoms with E-state index in [0.717, 1.165) is 5.56 Å². The average molecular weight is 236 g/mol. The maximum absolute atomic E-state index is 11.9. The van der Waals surface area contributed by atoms with Crippen LogP contribution in [-0.2, 0) is 9.53 Å². The van der Waals surface area contributed by atoms with Crippen LogP contribution in [0.15, 0.2) is 30.3 Å². The summed E-state index contributed by atoms with van der Waals surface area (Å²) in [5.41, 5.74) is 6.27. The van der Waals surface area contributed by atoms with Gasteiger partial charge in [0, 0.05) is 7.11 Å². The molecule has 1 aromatic carbocycles. The highest BCUT2D eigenvalue weighted by Crippen LogP contribution is 2.11. The minimum atomic E-state index is -0.646. The molecule has 1 aromatic rings. The Labute approximate surface area is 102 Å². The molecule has 0 saturated heterocycles. The maximum Gasteiger partial charge on any atom is 0.242 e. The van der Waals surface area contributed by atoms with Gasteiger partial charge in [-0.1, -0.05) is 30.3 Å². The summed E-state index contributed by atoms with van der Waals surface area (Å²) >= 11 is 0. The van der Waals surface area contributed by atoms with Crippen molar-refractivity contribution in [2.75, 3.05) is 13.7 Å². The Kier molecular flexibility index (Phi) is 4.66. The molecule has 0 aliphatic rings. The van der Waals surface area contributed by atoms with Crippen molar-refractivity contribution < 1.29 is 9.53 Å². The third-order valence-electron chi connectivity index (χ3n) is 2.41. The lowest BCUT2D eigenvalue weighted by Gasteiger charge is -2.27. The Hall–Kier alpha value is -1.39. The summed E-state index contributed by atoms with van der Waals surface area (Å²) in [6.07, 6.45) is 0. The number of hydrogen-bond acceptors (Lipinski definition) is 3. The van der Waals surface area contributed by atoms with Gasteiger partial charge in [-0.3, -0.25) is 4.79 Å². The van der Waals surface area contributed by atoms with E-state index in [4.69, 9.17) is 10.5 Å². The van der Waals surface area contributed by atoms with Crippen LogP contribution in [0.3, 0.4) is 0 Å². The molecule has 94 valence electrons. The van der Waals surface area contributed by atoms with Gasteiger partial charge < -0.3 is 15.8 Å². The molecular weight excluding hydrogens is 216 g/mol. The molecule has 0 aliphatic carbocycles. The normalized spacial score (nSPS) is 13.2. The number of rotatable bonds is 5. The first kappa shape index (κ1) is 13.7. The lowest BCUT2D eigenvalue weighted by Crippen LogP contribution is -2.49. The number of hydrogen-bond donors (Lipinski definition) is 2. The van der Waals surface area contributed by atoms with Gasteiger partial charge in [-0.2, -0.15) is 0 Å². The van der Waals surface area contributed by atoms with E-state index in [0.29, 0.717) is 6.61 Å². The predicted octanol–water partition coefficient (Wildman–Crippen LogP) is 1.23. The SMILES string of the molecule is COCC(C)(C)NC(=O)[C@@H](N)c1ccccc1. The third kappa shape index (κ3) is 4.17. The van der Waals surface area contributed by atoms with Crippen LogP contribution in [0.5, 0.6) is 0 Å². The number of ether oxygens (including phenoxy) is 1. The fourth-order valence-corrected chi connectivity index (χ4v) is 1.62. The molecule has 1 rings (SSSR count). The molecule has 1 amide bonds. The van der Waals surface area contributed by atoms with Gasteiger partial charge in [-0.25, -0.2) is 0 Å². The molecule has 0 spiro atoms. The first-order valence-electron chi connectivity index (χ1n) is 5.58. The van der Waals surface area contributed by atoms with E-state index in [1.165, 1.54) is 0 Å². The van der Waals surface area contributed by atoms with E-state index in [-0.39, 0.29) is 5.91 Å². The highest BCUT2D eigenvalue weighted by Gasteiger charge is 2.24. The molecule has 0 aliphatic heterocycles. The van der Waals surface area contributed by atoms with Crippen LogP contribution in [0.25, 0.3) is 0 Å². The molecule has 0 fully saturated rings. The highest BCUT2D eigenvalue weighted by atomic mass is 16.5. The molecule has 4 nitrogen and oxygen atoms in total. The van der Waals surface area contributed by atoms with Crippen molar-refractivity contribution in [2.24, 2.45) is 5.73 Å². The fourth-order valence-electron chi connectivity index (χ4n) is 1.62. The Morgan fingerprint density at radius 2 is 2.00 bits per heavy atom. The summed E-state index contributed by atoms with van der Waals surface area (Å²) in [5, 5.41) is 2.87. The largest absolute Gasteiger partial charge is 0.382 e. The fraction of sp³-hybridized carbons (Fsp3) is 0.462. The summed E-state index contributed by atoms with van der Waals surface area (Å²) in [6.45, 7) is 4.23. The smallest absolute Gasteiger partial charge is 0.242 e. The van der Waals surface area contributed by atoms with Gasteiger partial charge in [-0.05, 0) is 19.4 Å². The van der Waals surface area contributed by atoms with E-state index >= 15 is 0 Å². The zero-order valence-corrected chi connectivity index (χ0v) is 10.6. The molecule has 3 N–H and O–H groups in total. The van der Waals surface area contributed by atoms with Gasteiger partial charge in [-0.15, -0.1) is 0 Å². The van der Waals surface area contributed by atoms with Crippen LogP contribution in [0.4, 0.5) is 0 Å². The summed E-state index contributed by atoms with van der Waals surface area (Å²) in [6, 6.07) is 8.66. The number of nitrogens with one attached hydrogen (secondary N) is 1. The molecular formula is C13H20N2O2. The van der Waals surface area contributed by atoms with E-state index in [9.17, 15) is 4.79 Å². The van der Waals surface area contributed by atoms with Crippen molar-refractivity contribution in [3.05, 3.63) is 35.9 Å². The van der Waals surface area contributed by atoms with Gasteiger partial charge in [0.2, 0.25) is 5.91 Å². The van der Waals surface area contributed by atoms with Crippen molar-refractivity contribution >= 4 is 5.91 Å². The monoisotopic (exact) mass is 236 g/mol. The van der Waals surface area contributed by atoms with Crippen molar-refractivity contribution in [3.63, 3.8) is 0 Å². The first-order valence-corrected chi connectivity index (χ1v) is 5.58. The van der Waals surface area contributed by atoms with Gasteiger partial charge in [0.25, 0.3) is 0 Å². The molecule has 0 bridgehead atoms. The average Bonchev–Trinajstić information content (AvgIpc) is 2.28. The number of benzene rings is 1. The molecule has 0 saturated carbocycles.